The highest BCUT2D eigenvalue weighted by Crippen LogP contribution is 2.53. The van der Waals surface area contributed by atoms with Crippen LogP contribution in [0.25, 0.3) is 0 Å². The highest BCUT2D eigenvalue weighted by Gasteiger charge is 2.47. The van der Waals surface area contributed by atoms with Crippen LogP contribution in [0.5, 0.6) is 17.2 Å². The molecule has 5 heteroatoms. The summed E-state index contributed by atoms with van der Waals surface area (Å²) in [5.41, 5.74) is 0.971. The molecule has 3 aliphatic rings. The lowest BCUT2D eigenvalue weighted by molar-refractivity contribution is -0.182. The molecule has 1 aromatic rings. The van der Waals surface area contributed by atoms with Gasteiger partial charge in [-0.1, -0.05) is 12.1 Å². The van der Waals surface area contributed by atoms with E-state index >= 15 is 0 Å². The van der Waals surface area contributed by atoms with E-state index in [9.17, 15) is 0 Å². The van der Waals surface area contributed by atoms with Crippen LogP contribution >= 0.6 is 0 Å². The lowest BCUT2D eigenvalue weighted by atomic mass is 9.67. The van der Waals surface area contributed by atoms with Crippen LogP contribution in [-0.4, -0.2) is 39.3 Å². The largest absolute Gasteiger partial charge is 0.493 e. The zero-order chi connectivity index (χ0) is 16.6. The van der Waals surface area contributed by atoms with Crippen molar-refractivity contribution in [2.75, 3.05) is 33.5 Å². The summed E-state index contributed by atoms with van der Waals surface area (Å²) in [6, 6.07) is 4.05. The standard InChI is InChI=1S/C19H24O5/c1-3-18(6-8-19(9-7-18)23-12-13-24-19)14-4-5-15(20-2)17-16(14)21-10-11-22-17/h3-5H,1,6-13H2,2H3. The van der Waals surface area contributed by atoms with Gasteiger partial charge in [0, 0.05) is 23.8 Å². The third-order valence-corrected chi connectivity index (χ3v) is 5.52. The molecule has 0 radical (unpaired) electrons. The fourth-order valence-electron chi connectivity index (χ4n) is 4.11. The van der Waals surface area contributed by atoms with Crippen molar-refractivity contribution in [2.45, 2.75) is 36.9 Å². The van der Waals surface area contributed by atoms with Crippen molar-refractivity contribution in [3.8, 4) is 17.2 Å². The molecule has 1 saturated heterocycles. The van der Waals surface area contributed by atoms with Crippen LogP contribution in [0.15, 0.2) is 24.8 Å². The van der Waals surface area contributed by atoms with Crippen LogP contribution in [-0.2, 0) is 14.9 Å². The molecule has 0 bridgehead atoms. The van der Waals surface area contributed by atoms with Gasteiger partial charge < -0.3 is 23.7 Å². The Morgan fingerprint density at radius 2 is 1.62 bits per heavy atom. The first kappa shape index (κ1) is 15.8. The summed E-state index contributed by atoms with van der Waals surface area (Å²) in [6.45, 7) is 6.60. The van der Waals surface area contributed by atoms with Crippen molar-refractivity contribution >= 4 is 0 Å². The maximum atomic E-state index is 5.98. The summed E-state index contributed by atoms with van der Waals surface area (Å²) in [4.78, 5) is 0. The van der Waals surface area contributed by atoms with Crippen molar-refractivity contribution in [2.24, 2.45) is 0 Å². The van der Waals surface area contributed by atoms with E-state index in [-0.39, 0.29) is 5.41 Å². The summed E-state index contributed by atoms with van der Waals surface area (Å²) < 4.78 is 29.0. The van der Waals surface area contributed by atoms with Crippen LogP contribution in [0.3, 0.4) is 0 Å². The van der Waals surface area contributed by atoms with Crippen molar-refractivity contribution in [1.82, 2.24) is 0 Å². The monoisotopic (exact) mass is 332 g/mol. The zero-order valence-electron chi connectivity index (χ0n) is 14.1. The van der Waals surface area contributed by atoms with E-state index < -0.39 is 5.79 Å². The molecule has 1 saturated carbocycles. The van der Waals surface area contributed by atoms with Gasteiger partial charge >= 0.3 is 0 Å². The van der Waals surface area contributed by atoms with Crippen molar-refractivity contribution in [3.05, 3.63) is 30.4 Å². The molecule has 1 aromatic carbocycles. The Kier molecular flexibility index (Phi) is 3.93. The van der Waals surface area contributed by atoms with Gasteiger partial charge in [0.15, 0.2) is 17.3 Å². The van der Waals surface area contributed by atoms with Gasteiger partial charge in [0.05, 0.1) is 20.3 Å². The van der Waals surface area contributed by atoms with E-state index in [0.717, 1.165) is 37.0 Å². The van der Waals surface area contributed by atoms with E-state index in [1.54, 1.807) is 7.11 Å². The zero-order valence-corrected chi connectivity index (χ0v) is 14.1. The summed E-state index contributed by atoms with van der Waals surface area (Å²) in [5, 5.41) is 0. The molecule has 0 aromatic heterocycles. The molecular weight excluding hydrogens is 308 g/mol. The Morgan fingerprint density at radius 3 is 2.25 bits per heavy atom. The summed E-state index contributed by atoms with van der Waals surface area (Å²) in [6.07, 6.45) is 5.60. The minimum atomic E-state index is -0.392. The molecule has 2 fully saturated rings. The quantitative estimate of drug-likeness (QED) is 0.796. The molecule has 0 amide bonds. The van der Waals surface area contributed by atoms with Gasteiger partial charge in [-0.25, -0.2) is 0 Å². The van der Waals surface area contributed by atoms with Crippen molar-refractivity contribution < 1.29 is 23.7 Å². The van der Waals surface area contributed by atoms with Crippen LogP contribution in [0, 0.1) is 0 Å². The Morgan fingerprint density at radius 1 is 0.958 bits per heavy atom. The fraction of sp³-hybridized carbons (Fsp3) is 0.579. The topological polar surface area (TPSA) is 46.2 Å². The first-order chi connectivity index (χ1) is 11.7. The normalized spacial score (nSPS) is 23.9. The van der Waals surface area contributed by atoms with E-state index in [0.29, 0.717) is 37.9 Å². The molecule has 2 aliphatic heterocycles. The van der Waals surface area contributed by atoms with E-state index in [1.165, 1.54) is 0 Å². The van der Waals surface area contributed by atoms with Gasteiger partial charge in [-0.2, -0.15) is 0 Å². The average molecular weight is 332 g/mol. The van der Waals surface area contributed by atoms with Crippen molar-refractivity contribution in [3.63, 3.8) is 0 Å². The van der Waals surface area contributed by atoms with Crippen LogP contribution in [0.4, 0.5) is 0 Å². The first-order valence-electron chi connectivity index (χ1n) is 8.61. The molecule has 0 atom stereocenters. The lowest BCUT2D eigenvalue weighted by Crippen LogP contribution is -2.41. The Balaban J connectivity index is 1.70. The number of ether oxygens (including phenoxy) is 5. The highest BCUT2D eigenvalue weighted by molar-refractivity contribution is 5.59. The number of rotatable bonds is 3. The molecule has 130 valence electrons. The molecule has 5 nitrogen and oxygen atoms in total. The number of methoxy groups -OCH3 is 1. The Labute approximate surface area is 142 Å². The second-order valence-electron chi connectivity index (χ2n) is 6.64. The van der Waals surface area contributed by atoms with Gasteiger partial charge in [0.1, 0.15) is 13.2 Å². The summed E-state index contributed by atoms with van der Waals surface area (Å²) in [7, 11) is 1.65. The number of hydrogen-bond acceptors (Lipinski definition) is 5. The third-order valence-electron chi connectivity index (χ3n) is 5.52. The molecule has 1 spiro atoms. The van der Waals surface area contributed by atoms with Crippen LogP contribution < -0.4 is 14.2 Å². The minimum Gasteiger partial charge on any atom is -0.493 e. The van der Waals surface area contributed by atoms with Gasteiger partial charge in [-0.05, 0) is 18.9 Å². The Hall–Kier alpha value is -1.72. The lowest BCUT2D eigenvalue weighted by Gasteiger charge is -2.43. The second-order valence-corrected chi connectivity index (χ2v) is 6.64. The number of hydrogen-bond donors (Lipinski definition) is 0. The maximum Gasteiger partial charge on any atom is 0.204 e. The van der Waals surface area contributed by atoms with Gasteiger partial charge in [0.2, 0.25) is 5.75 Å². The van der Waals surface area contributed by atoms with E-state index in [1.807, 2.05) is 6.07 Å². The minimum absolute atomic E-state index is 0.155. The number of fused-ring (bicyclic) bond motifs is 1. The predicted octanol–water partition coefficient (Wildman–Crippen LogP) is 3.21. The molecule has 1 aliphatic carbocycles. The smallest absolute Gasteiger partial charge is 0.204 e. The molecule has 24 heavy (non-hydrogen) atoms. The third kappa shape index (κ3) is 2.38. The predicted molar refractivity (Wildman–Crippen MR) is 89.0 cm³/mol. The molecule has 2 heterocycles. The van der Waals surface area contributed by atoms with Gasteiger partial charge in [0.25, 0.3) is 0 Å². The fourth-order valence-corrected chi connectivity index (χ4v) is 4.11. The molecule has 0 unspecified atom stereocenters. The van der Waals surface area contributed by atoms with Crippen LogP contribution in [0.1, 0.15) is 31.2 Å². The average Bonchev–Trinajstić information content (AvgIpc) is 3.10. The second kappa shape index (κ2) is 5.97. The number of allylic oxidation sites excluding steroid dienone is 1. The van der Waals surface area contributed by atoms with E-state index in [4.69, 9.17) is 23.7 Å². The van der Waals surface area contributed by atoms with Gasteiger partial charge in [-0.3, -0.25) is 0 Å². The molecule has 4 rings (SSSR count). The van der Waals surface area contributed by atoms with Crippen molar-refractivity contribution in [1.29, 1.82) is 0 Å². The SMILES string of the molecule is C=CC1(c2ccc(OC)c3c2OCCO3)CCC2(CC1)OCCO2. The first-order valence-corrected chi connectivity index (χ1v) is 8.61. The molecule has 0 N–H and O–H groups in total. The van der Waals surface area contributed by atoms with E-state index in [2.05, 4.69) is 18.7 Å². The Bertz CT molecular complexity index is 623. The highest BCUT2D eigenvalue weighted by atomic mass is 16.7. The summed E-state index contributed by atoms with van der Waals surface area (Å²) >= 11 is 0. The van der Waals surface area contributed by atoms with Gasteiger partial charge in [-0.15, -0.1) is 6.58 Å². The van der Waals surface area contributed by atoms with Crippen LogP contribution in [0.2, 0.25) is 0 Å². The molecular formula is C19H24O5. The number of benzene rings is 1. The summed E-state index contributed by atoms with van der Waals surface area (Å²) in [5.74, 6) is 1.82. The maximum absolute atomic E-state index is 5.98.